The molecule has 2 rings (SSSR count). The van der Waals surface area contributed by atoms with Crippen molar-refractivity contribution in [2.75, 3.05) is 0 Å². The molecule has 1 aromatic rings. The van der Waals surface area contributed by atoms with Crippen molar-refractivity contribution in [2.24, 2.45) is 5.73 Å². The number of hydrogen-bond donors (Lipinski definition) is 1. The fourth-order valence-electron chi connectivity index (χ4n) is 1.60. The molecule has 13 heavy (non-hydrogen) atoms. The van der Waals surface area contributed by atoms with Crippen molar-refractivity contribution in [1.29, 1.82) is 0 Å². The lowest BCUT2D eigenvalue weighted by atomic mass is 10.1. The van der Waals surface area contributed by atoms with Crippen LogP contribution in [0.5, 0.6) is 0 Å². The molecule has 0 amide bonds. The smallest absolute Gasteiger partial charge is 0.0795 e. The van der Waals surface area contributed by atoms with Crippen LogP contribution in [0, 0.1) is 0 Å². The molecule has 0 saturated heterocycles. The van der Waals surface area contributed by atoms with Crippen molar-refractivity contribution >= 4 is 0 Å². The van der Waals surface area contributed by atoms with Gasteiger partial charge < -0.3 is 5.73 Å². The molecule has 3 nitrogen and oxygen atoms in total. The van der Waals surface area contributed by atoms with Gasteiger partial charge in [0.25, 0.3) is 0 Å². The van der Waals surface area contributed by atoms with Crippen LogP contribution in [0.3, 0.4) is 0 Å². The summed E-state index contributed by atoms with van der Waals surface area (Å²) in [6.07, 6.45) is 4.80. The van der Waals surface area contributed by atoms with Crippen LogP contribution in [0.1, 0.15) is 49.9 Å². The van der Waals surface area contributed by atoms with E-state index in [-0.39, 0.29) is 0 Å². The molecule has 0 aliphatic heterocycles. The molecule has 1 aromatic heterocycles. The summed E-state index contributed by atoms with van der Waals surface area (Å²) >= 11 is 0. The van der Waals surface area contributed by atoms with Gasteiger partial charge in [-0.3, -0.25) is 4.68 Å². The van der Waals surface area contributed by atoms with Crippen molar-refractivity contribution < 1.29 is 0 Å². The van der Waals surface area contributed by atoms with Gasteiger partial charge in [-0.05, 0) is 38.2 Å². The quantitative estimate of drug-likeness (QED) is 0.769. The zero-order valence-electron chi connectivity index (χ0n) is 8.33. The van der Waals surface area contributed by atoms with Gasteiger partial charge in [0.15, 0.2) is 0 Å². The Hall–Kier alpha value is -0.830. The maximum atomic E-state index is 5.65. The van der Waals surface area contributed by atoms with E-state index in [4.69, 9.17) is 5.73 Å². The van der Waals surface area contributed by atoms with Crippen molar-refractivity contribution in [3.8, 4) is 0 Å². The Balaban J connectivity index is 2.31. The van der Waals surface area contributed by atoms with E-state index in [2.05, 4.69) is 25.1 Å². The highest BCUT2D eigenvalue weighted by molar-refractivity contribution is 5.26. The summed E-state index contributed by atoms with van der Waals surface area (Å²) in [7, 11) is 0. The van der Waals surface area contributed by atoms with E-state index < -0.39 is 0 Å². The summed E-state index contributed by atoms with van der Waals surface area (Å²) in [5.41, 5.74) is 8.13. The Kier molecular flexibility index (Phi) is 2.12. The van der Waals surface area contributed by atoms with Crippen LogP contribution in [-0.4, -0.2) is 9.78 Å². The average Bonchev–Trinajstić information content (AvgIpc) is 2.84. The van der Waals surface area contributed by atoms with Crippen LogP contribution in [-0.2, 0) is 6.54 Å². The van der Waals surface area contributed by atoms with Gasteiger partial charge in [0.05, 0.1) is 5.69 Å². The number of nitrogens with two attached hydrogens (primary N) is 1. The summed E-state index contributed by atoms with van der Waals surface area (Å²) in [6, 6.07) is 0.442. The average molecular weight is 179 g/mol. The van der Waals surface area contributed by atoms with Crippen molar-refractivity contribution in [3.63, 3.8) is 0 Å². The van der Waals surface area contributed by atoms with Gasteiger partial charge in [0, 0.05) is 18.8 Å². The molecule has 2 N–H and O–H groups in total. The van der Waals surface area contributed by atoms with Crippen LogP contribution in [0.4, 0.5) is 0 Å². The SMILES string of the molecule is CC(C)n1cc(C2CC2)c(CN)n1. The van der Waals surface area contributed by atoms with Gasteiger partial charge in [-0.1, -0.05) is 0 Å². The first kappa shape index (κ1) is 8.75. The second-order valence-electron chi connectivity index (χ2n) is 4.08. The van der Waals surface area contributed by atoms with Gasteiger partial charge in [0.2, 0.25) is 0 Å². The van der Waals surface area contributed by atoms with E-state index in [1.807, 2.05) is 4.68 Å². The number of rotatable bonds is 3. The Morgan fingerprint density at radius 3 is 2.77 bits per heavy atom. The first-order valence-electron chi connectivity index (χ1n) is 5.00. The molecule has 1 saturated carbocycles. The van der Waals surface area contributed by atoms with E-state index in [1.165, 1.54) is 18.4 Å². The molecule has 0 radical (unpaired) electrons. The van der Waals surface area contributed by atoms with Gasteiger partial charge in [-0.15, -0.1) is 0 Å². The molecule has 0 unspecified atom stereocenters. The van der Waals surface area contributed by atoms with Gasteiger partial charge >= 0.3 is 0 Å². The van der Waals surface area contributed by atoms with Crippen LogP contribution in [0.15, 0.2) is 6.20 Å². The first-order chi connectivity index (χ1) is 6.22. The maximum absolute atomic E-state index is 5.65. The maximum Gasteiger partial charge on any atom is 0.0795 e. The van der Waals surface area contributed by atoms with E-state index in [0.29, 0.717) is 12.6 Å². The number of hydrogen-bond acceptors (Lipinski definition) is 2. The predicted molar refractivity (Wildman–Crippen MR) is 52.5 cm³/mol. The Labute approximate surface area is 78.9 Å². The monoisotopic (exact) mass is 179 g/mol. The third kappa shape index (κ3) is 1.61. The second-order valence-corrected chi connectivity index (χ2v) is 4.08. The van der Waals surface area contributed by atoms with Crippen LogP contribution < -0.4 is 5.73 Å². The van der Waals surface area contributed by atoms with E-state index >= 15 is 0 Å². The largest absolute Gasteiger partial charge is 0.325 e. The zero-order chi connectivity index (χ0) is 9.42. The molecule has 1 aliphatic carbocycles. The molecule has 1 fully saturated rings. The lowest BCUT2D eigenvalue weighted by Gasteiger charge is -2.02. The van der Waals surface area contributed by atoms with E-state index in [1.54, 1.807) is 0 Å². The minimum atomic E-state index is 0.442. The number of aromatic nitrogens is 2. The lowest BCUT2D eigenvalue weighted by Crippen LogP contribution is -2.04. The molecule has 1 heterocycles. The van der Waals surface area contributed by atoms with E-state index in [9.17, 15) is 0 Å². The summed E-state index contributed by atoms with van der Waals surface area (Å²) in [5.74, 6) is 0.756. The molecule has 0 atom stereocenters. The van der Waals surface area contributed by atoms with Crippen molar-refractivity contribution in [2.45, 2.75) is 45.2 Å². The topological polar surface area (TPSA) is 43.8 Å². The summed E-state index contributed by atoms with van der Waals surface area (Å²) in [5, 5.41) is 4.48. The predicted octanol–water partition coefficient (Wildman–Crippen LogP) is 1.80. The third-order valence-electron chi connectivity index (χ3n) is 2.58. The minimum Gasteiger partial charge on any atom is -0.325 e. The molecular weight excluding hydrogens is 162 g/mol. The third-order valence-corrected chi connectivity index (χ3v) is 2.58. The molecule has 1 aliphatic rings. The molecule has 0 bridgehead atoms. The van der Waals surface area contributed by atoms with Crippen LogP contribution in [0.25, 0.3) is 0 Å². The summed E-state index contributed by atoms with van der Waals surface area (Å²) in [6.45, 7) is 4.86. The molecular formula is C10H17N3. The standard InChI is InChI=1S/C10H17N3/c1-7(2)13-6-9(8-3-4-8)10(5-11)12-13/h6-8H,3-5,11H2,1-2H3. The van der Waals surface area contributed by atoms with Gasteiger partial charge in [0.1, 0.15) is 0 Å². The Morgan fingerprint density at radius 1 is 1.62 bits per heavy atom. The highest BCUT2D eigenvalue weighted by atomic mass is 15.3. The molecule has 0 spiro atoms. The normalized spacial score (nSPS) is 16.9. The summed E-state index contributed by atoms with van der Waals surface area (Å²) in [4.78, 5) is 0. The van der Waals surface area contributed by atoms with Gasteiger partial charge in [-0.25, -0.2) is 0 Å². The van der Waals surface area contributed by atoms with Crippen molar-refractivity contribution in [3.05, 3.63) is 17.5 Å². The molecule has 3 heteroatoms. The lowest BCUT2D eigenvalue weighted by molar-refractivity contribution is 0.526. The fraction of sp³-hybridized carbons (Fsp3) is 0.700. The Bertz CT molecular complexity index is 297. The highest BCUT2D eigenvalue weighted by Gasteiger charge is 2.28. The summed E-state index contributed by atoms with van der Waals surface area (Å²) < 4.78 is 2.02. The molecule has 0 aromatic carbocycles. The number of nitrogens with zero attached hydrogens (tertiary/aromatic N) is 2. The molecule has 72 valence electrons. The second kappa shape index (κ2) is 3.14. The van der Waals surface area contributed by atoms with Crippen molar-refractivity contribution in [1.82, 2.24) is 9.78 Å². The first-order valence-corrected chi connectivity index (χ1v) is 5.00. The zero-order valence-corrected chi connectivity index (χ0v) is 8.33. The van der Waals surface area contributed by atoms with Crippen LogP contribution in [0.2, 0.25) is 0 Å². The van der Waals surface area contributed by atoms with Crippen LogP contribution >= 0.6 is 0 Å². The van der Waals surface area contributed by atoms with E-state index in [0.717, 1.165) is 11.6 Å². The minimum absolute atomic E-state index is 0.442. The highest BCUT2D eigenvalue weighted by Crippen LogP contribution is 2.41. The van der Waals surface area contributed by atoms with Gasteiger partial charge in [-0.2, -0.15) is 5.10 Å². The fourth-order valence-corrected chi connectivity index (χ4v) is 1.60. The Morgan fingerprint density at radius 2 is 2.31 bits per heavy atom.